The predicted octanol–water partition coefficient (Wildman–Crippen LogP) is 5.04. The molecule has 9 heteroatoms. The van der Waals surface area contributed by atoms with Crippen molar-refractivity contribution in [3.63, 3.8) is 0 Å². The lowest BCUT2D eigenvalue weighted by Crippen LogP contribution is -2.31. The molecular weight excluding hydrogens is 510 g/mol. The first-order chi connectivity index (χ1) is 18.4. The first-order valence-electron chi connectivity index (χ1n) is 11.8. The average molecular weight is 534 g/mol. The Balaban J connectivity index is 1.59. The molecule has 1 unspecified atom stereocenters. The first-order valence-corrected chi connectivity index (χ1v) is 12.2. The highest BCUT2D eigenvalue weighted by Crippen LogP contribution is 2.39. The fourth-order valence-electron chi connectivity index (χ4n) is 4.77. The van der Waals surface area contributed by atoms with E-state index in [0.717, 1.165) is 5.56 Å². The highest BCUT2D eigenvalue weighted by molar-refractivity contribution is 6.31. The van der Waals surface area contributed by atoms with Gasteiger partial charge in [-0.3, -0.25) is 9.59 Å². The van der Waals surface area contributed by atoms with Crippen molar-refractivity contribution in [2.75, 3.05) is 27.9 Å². The van der Waals surface area contributed by atoms with Crippen molar-refractivity contribution in [2.24, 2.45) is 0 Å². The molecule has 0 bridgehead atoms. The number of fused-ring (bicyclic) bond motifs is 2. The number of hydrogen-bond donors (Lipinski definition) is 0. The van der Waals surface area contributed by atoms with E-state index in [1.165, 1.54) is 13.2 Å². The molecule has 194 valence electrons. The summed E-state index contributed by atoms with van der Waals surface area (Å²) in [5.41, 5.74) is 2.13. The second-order valence-corrected chi connectivity index (χ2v) is 9.20. The molecule has 1 aliphatic heterocycles. The van der Waals surface area contributed by atoms with Gasteiger partial charge in [-0.25, -0.2) is 4.79 Å². The molecule has 5 rings (SSSR count). The molecule has 0 radical (unpaired) electrons. The monoisotopic (exact) mass is 533 g/mol. The average Bonchev–Trinajstić information content (AvgIpc) is 3.23. The molecule has 4 aromatic rings. The third-order valence-electron chi connectivity index (χ3n) is 6.66. The second kappa shape index (κ2) is 10.2. The molecular formula is C29H24ClNO7. The van der Waals surface area contributed by atoms with E-state index in [2.05, 4.69) is 0 Å². The number of hydrogen-bond acceptors (Lipinski definition) is 7. The molecule has 0 aliphatic carbocycles. The zero-order valence-electron chi connectivity index (χ0n) is 20.9. The summed E-state index contributed by atoms with van der Waals surface area (Å²) < 4.78 is 21.5. The van der Waals surface area contributed by atoms with Crippen LogP contribution in [0.5, 0.6) is 11.5 Å². The van der Waals surface area contributed by atoms with Crippen LogP contribution < -0.4 is 14.9 Å². The van der Waals surface area contributed by atoms with Gasteiger partial charge in [0.1, 0.15) is 5.58 Å². The van der Waals surface area contributed by atoms with Gasteiger partial charge in [-0.15, -0.1) is 0 Å². The number of methoxy groups -OCH3 is 3. The summed E-state index contributed by atoms with van der Waals surface area (Å²) in [6.45, 7) is 0.290. The smallest absolute Gasteiger partial charge is 0.337 e. The molecule has 0 saturated heterocycles. The van der Waals surface area contributed by atoms with Crippen molar-refractivity contribution in [3.8, 4) is 11.5 Å². The zero-order chi connectivity index (χ0) is 27.0. The Hall–Kier alpha value is -4.30. The standard InChI is InChI=1S/C29H24ClNO7/c1-35-22-10-4-16(14-23(22)36-2)12-13-31-25(17-5-7-18(8-6-17)29(34)37-3)24-26(32)20-15-19(30)9-11-21(20)38-27(24)28(31)33/h4-11,14-15,25H,12-13H2,1-3H3. The van der Waals surface area contributed by atoms with Gasteiger partial charge in [0.2, 0.25) is 5.76 Å². The van der Waals surface area contributed by atoms with Crippen LogP contribution in [-0.4, -0.2) is 44.7 Å². The number of carbonyl (C=O) groups is 2. The Morgan fingerprint density at radius 3 is 2.37 bits per heavy atom. The van der Waals surface area contributed by atoms with Gasteiger partial charge < -0.3 is 23.5 Å². The third kappa shape index (κ3) is 4.37. The maximum Gasteiger partial charge on any atom is 0.337 e. The van der Waals surface area contributed by atoms with Crippen LogP contribution in [0.15, 0.2) is 69.9 Å². The topological polar surface area (TPSA) is 95.3 Å². The molecule has 1 aliphatic rings. The van der Waals surface area contributed by atoms with E-state index in [1.54, 1.807) is 61.6 Å². The van der Waals surface area contributed by atoms with Gasteiger partial charge in [0.05, 0.1) is 43.9 Å². The minimum atomic E-state index is -0.719. The molecule has 38 heavy (non-hydrogen) atoms. The van der Waals surface area contributed by atoms with Gasteiger partial charge in [0, 0.05) is 11.6 Å². The Morgan fingerprint density at radius 2 is 1.68 bits per heavy atom. The van der Waals surface area contributed by atoms with E-state index in [9.17, 15) is 14.4 Å². The number of rotatable bonds is 7. The zero-order valence-corrected chi connectivity index (χ0v) is 21.7. The van der Waals surface area contributed by atoms with E-state index in [4.69, 9.17) is 30.2 Å². The predicted molar refractivity (Wildman–Crippen MR) is 141 cm³/mol. The summed E-state index contributed by atoms with van der Waals surface area (Å²) in [6, 6.07) is 16.2. The number of ether oxygens (including phenoxy) is 3. The number of nitrogens with zero attached hydrogens (tertiary/aromatic N) is 1. The van der Waals surface area contributed by atoms with Crippen molar-refractivity contribution in [1.82, 2.24) is 4.90 Å². The van der Waals surface area contributed by atoms with E-state index in [-0.39, 0.29) is 22.3 Å². The van der Waals surface area contributed by atoms with Gasteiger partial charge in [-0.1, -0.05) is 29.8 Å². The van der Waals surface area contributed by atoms with Crippen molar-refractivity contribution in [1.29, 1.82) is 0 Å². The first kappa shape index (κ1) is 25.4. The van der Waals surface area contributed by atoms with Gasteiger partial charge in [0.15, 0.2) is 16.9 Å². The number of esters is 1. The summed E-state index contributed by atoms with van der Waals surface area (Å²) in [7, 11) is 4.43. The summed E-state index contributed by atoms with van der Waals surface area (Å²) >= 11 is 6.16. The highest BCUT2D eigenvalue weighted by atomic mass is 35.5. The number of amides is 1. The van der Waals surface area contributed by atoms with Gasteiger partial charge in [-0.2, -0.15) is 0 Å². The number of halogens is 1. The molecule has 2 heterocycles. The van der Waals surface area contributed by atoms with Crippen LogP contribution in [0.25, 0.3) is 11.0 Å². The van der Waals surface area contributed by atoms with Crippen LogP contribution in [0.2, 0.25) is 5.02 Å². The quantitative estimate of drug-likeness (QED) is 0.307. The molecule has 1 aromatic heterocycles. The van der Waals surface area contributed by atoms with Gasteiger partial charge in [-0.05, 0) is 60.0 Å². The number of carbonyl (C=O) groups excluding carboxylic acids is 2. The minimum absolute atomic E-state index is 0.000761. The largest absolute Gasteiger partial charge is 0.493 e. The summed E-state index contributed by atoms with van der Waals surface area (Å²) in [5, 5.41) is 0.681. The maximum atomic E-state index is 13.7. The molecule has 0 fully saturated rings. The van der Waals surface area contributed by atoms with E-state index < -0.39 is 17.9 Å². The van der Waals surface area contributed by atoms with Crippen LogP contribution in [0.1, 0.15) is 43.6 Å². The molecule has 1 atom stereocenters. The highest BCUT2D eigenvalue weighted by Gasteiger charge is 2.42. The fourth-order valence-corrected chi connectivity index (χ4v) is 4.95. The van der Waals surface area contributed by atoms with E-state index >= 15 is 0 Å². The Labute approximate surface area is 223 Å². The van der Waals surface area contributed by atoms with Crippen LogP contribution in [0.4, 0.5) is 0 Å². The lowest BCUT2D eigenvalue weighted by molar-refractivity contribution is 0.0600. The lowest BCUT2D eigenvalue weighted by Gasteiger charge is -2.25. The molecule has 0 spiro atoms. The SMILES string of the molecule is COC(=O)c1ccc(C2c3c(oc4ccc(Cl)cc4c3=O)C(=O)N2CCc2ccc(OC)c(OC)c2)cc1. The molecule has 0 saturated carbocycles. The maximum absolute atomic E-state index is 13.7. The fraction of sp³-hybridized carbons (Fsp3) is 0.207. The Morgan fingerprint density at radius 1 is 0.947 bits per heavy atom. The van der Waals surface area contributed by atoms with E-state index in [0.29, 0.717) is 46.0 Å². The number of benzene rings is 3. The molecule has 1 amide bonds. The normalized spacial score (nSPS) is 14.5. The van der Waals surface area contributed by atoms with Crippen LogP contribution >= 0.6 is 11.6 Å². The third-order valence-corrected chi connectivity index (χ3v) is 6.90. The van der Waals surface area contributed by atoms with Crippen LogP contribution in [0, 0.1) is 0 Å². The second-order valence-electron chi connectivity index (χ2n) is 8.77. The minimum Gasteiger partial charge on any atom is -0.493 e. The van der Waals surface area contributed by atoms with Crippen molar-refractivity contribution < 1.29 is 28.2 Å². The molecule has 3 aromatic carbocycles. The Bertz CT molecular complexity index is 1610. The van der Waals surface area contributed by atoms with E-state index in [1.807, 2.05) is 12.1 Å². The summed E-state index contributed by atoms with van der Waals surface area (Å²) in [4.78, 5) is 40.9. The van der Waals surface area contributed by atoms with Crippen LogP contribution in [-0.2, 0) is 11.2 Å². The van der Waals surface area contributed by atoms with Crippen LogP contribution in [0.3, 0.4) is 0 Å². The lowest BCUT2D eigenvalue weighted by atomic mass is 9.97. The summed E-state index contributed by atoms with van der Waals surface area (Å²) in [5.74, 6) is 0.307. The van der Waals surface area contributed by atoms with Crippen molar-refractivity contribution >= 4 is 34.4 Å². The van der Waals surface area contributed by atoms with Crippen molar-refractivity contribution in [3.05, 3.63) is 104 Å². The Kier molecular flexibility index (Phi) is 6.82. The molecule has 0 N–H and O–H groups in total. The van der Waals surface area contributed by atoms with Gasteiger partial charge >= 0.3 is 5.97 Å². The molecule has 8 nitrogen and oxygen atoms in total. The van der Waals surface area contributed by atoms with Crippen molar-refractivity contribution in [2.45, 2.75) is 12.5 Å². The summed E-state index contributed by atoms with van der Waals surface area (Å²) in [6.07, 6.45) is 0.483. The van der Waals surface area contributed by atoms with Gasteiger partial charge in [0.25, 0.3) is 5.91 Å².